The number of rotatable bonds is 10. The van der Waals surface area contributed by atoms with Crippen LogP contribution in [0.3, 0.4) is 0 Å². The van der Waals surface area contributed by atoms with E-state index in [1.54, 1.807) is 0 Å². The predicted molar refractivity (Wildman–Crippen MR) is 98.6 cm³/mol. The molecule has 0 bridgehead atoms. The van der Waals surface area contributed by atoms with Gasteiger partial charge in [0.2, 0.25) is 11.8 Å². The van der Waals surface area contributed by atoms with Crippen molar-refractivity contribution in [2.45, 2.75) is 58.4 Å². The number of carbonyl (C=O) groups excluding carboxylic acids is 2. The van der Waals surface area contributed by atoms with Crippen LogP contribution in [0.2, 0.25) is 0 Å². The molecule has 4 N–H and O–H groups in total. The second-order valence-corrected chi connectivity index (χ2v) is 6.72. The second kappa shape index (κ2) is 10.9. The van der Waals surface area contributed by atoms with E-state index in [-0.39, 0.29) is 11.8 Å². The van der Waals surface area contributed by atoms with Crippen LogP contribution in [0, 0.1) is 5.92 Å². The van der Waals surface area contributed by atoms with Gasteiger partial charge >= 0.3 is 7.12 Å². The molecule has 0 unspecified atom stereocenters. The summed E-state index contributed by atoms with van der Waals surface area (Å²) in [6.45, 7) is 5.77. The van der Waals surface area contributed by atoms with Gasteiger partial charge in [-0.1, -0.05) is 51.1 Å². The summed E-state index contributed by atoms with van der Waals surface area (Å²) in [6.07, 6.45) is 1.82. The SMILES string of the molecule is CCCC(=O)N[C@@H](Cc1ccccc1)C(=O)N[C@@H](CC(C)C)B(O)O. The van der Waals surface area contributed by atoms with Crippen LogP contribution in [-0.2, 0) is 16.0 Å². The molecule has 2 amide bonds. The third kappa shape index (κ3) is 8.18. The average Bonchev–Trinajstić information content (AvgIpc) is 2.54. The Morgan fingerprint density at radius 2 is 1.76 bits per heavy atom. The normalized spacial score (nSPS) is 13.2. The molecule has 138 valence electrons. The first-order chi connectivity index (χ1) is 11.8. The number of hydrogen-bond donors (Lipinski definition) is 4. The Kier molecular flexibility index (Phi) is 9.23. The molecule has 6 nitrogen and oxygen atoms in total. The molecule has 2 atom stereocenters. The smallest absolute Gasteiger partial charge is 0.426 e. The van der Waals surface area contributed by atoms with Gasteiger partial charge in [-0.15, -0.1) is 0 Å². The van der Waals surface area contributed by atoms with Gasteiger partial charge in [-0.25, -0.2) is 0 Å². The van der Waals surface area contributed by atoms with Crippen LogP contribution in [0.5, 0.6) is 0 Å². The van der Waals surface area contributed by atoms with Gasteiger partial charge in [0, 0.05) is 12.8 Å². The van der Waals surface area contributed by atoms with E-state index >= 15 is 0 Å². The van der Waals surface area contributed by atoms with Crippen molar-refractivity contribution in [2.24, 2.45) is 5.92 Å². The zero-order valence-corrected chi connectivity index (χ0v) is 15.2. The Morgan fingerprint density at radius 1 is 1.12 bits per heavy atom. The van der Waals surface area contributed by atoms with Crippen LogP contribution in [0.15, 0.2) is 30.3 Å². The highest BCUT2D eigenvalue weighted by Gasteiger charge is 2.29. The first-order valence-corrected chi connectivity index (χ1v) is 8.83. The van der Waals surface area contributed by atoms with Crippen molar-refractivity contribution in [2.75, 3.05) is 0 Å². The third-order valence-electron chi connectivity index (χ3n) is 3.82. The fourth-order valence-corrected chi connectivity index (χ4v) is 2.60. The van der Waals surface area contributed by atoms with E-state index in [0.29, 0.717) is 25.7 Å². The van der Waals surface area contributed by atoms with E-state index in [4.69, 9.17) is 0 Å². The van der Waals surface area contributed by atoms with Gasteiger partial charge < -0.3 is 20.7 Å². The van der Waals surface area contributed by atoms with Gasteiger partial charge in [0.25, 0.3) is 0 Å². The van der Waals surface area contributed by atoms with Gasteiger partial charge in [0.15, 0.2) is 0 Å². The molecule has 0 aliphatic rings. The van der Waals surface area contributed by atoms with E-state index in [9.17, 15) is 19.6 Å². The van der Waals surface area contributed by atoms with Crippen LogP contribution in [0.25, 0.3) is 0 Å². The molecule has 0 aromatic heterocycles. The zero-order chi connectivity index (χ0) is 18.8. The maximum Gasteiger partial charge on any atom is 0.475 e. The van der Waals surface area contributed by atoms with Gasteiger partial charge in [-0.3, -0.25) is 9.59 Å². The van der Waals surface area contributed by atoms with Gasteiger partial charge in [0.1, 0.15) is 6.04 Å². The minimum absolute atomic E-state index is 0.189. The van der Waals surface area contributed by atoms with Crippen molar-refractivity contribution in [3.63, 3.8) is 0 Å². The van der Waals surface area contributed by atoms with E-state index in [2.05, 4.69) is 10.6 Å². The van der Waals surface area contributed by atoms with Crippen molar-refractivity contribution in [1.82, 2.24) is 10.6 Å². The van der Waals surface area contributed by atoms with Crippen molar-refractivity contribution < 1.29 is 19.6 Å². The minimum atomic E-state index is -1.64. The lowest BCUT2D eigenvalue weighted by molar-refractivity contribution is -0.129. The average molecular weight is 348 g/mol. The molecule has 0 spiro atoms. The molecule has 7 heteroatoms. The maximum atomic E-state index is 12.6. The van der Waals surface area contributed by atoms with Crippen molar-refractivity contribution in [3.8, 4) is 0 Å². The maximum absolute atomic E-state index is 12.6. The molecule has 0 fully saturated rings. The number of hydrogen-bond acceptors (Lipinski definition) is 4. The van der Waals surface area contributed by atoms with E-state index in [0.717, 1.165) is 5.56 Å². The lowest BCUT2D eigenvalue weighted by Gasteiger charge is -2.24. The first-order valence-electron chi connectivity index (χ1n) is 8.83. The van der Waals surface area contributed by atoms with Crippen LogP contribution >= 0.6 is 0 Å². The zero-order valence-electron chi connectivity index (χ0n) is 15.2. The van der Waals surface area contributed by atoms with Gasteiger partial charge in [0.05, 0.1) is 5.94 Å². The second-order valence-electron chi connectivity index (χ2n) is 6.72. The summed E-state index contributed by atoms with van der Waals surface area (Å²) in [5.74, 6) is -1.18. The van der Waals surface area contributed by atoms with Crippen molar-refractivity contribution in [1.29, 1.82) is 0 Å². The lowest BCUT2D eigenvalue weighted by atomic mass is 9.75. The quantitative estimate of drug-likeness (QED) is 0.475. The molecular weight excluding hydrogens is 319 g/mol. The standard InChI is InChI=1S/C18H29BN2O4/c1-4-8-17(22)20-15(12-14-9-6-5-7-10-14)18(23)21-16(19(24)25)11-13(2)3/h5-7,9-10,13,15-16,24-25H,4,8,11-12H2,1-3H3,(H,20,22)(H,21,23)/t15-,16-/m0/s1. The monoisotopic (exact) mass is 348 g/mol. The molecule has 25 heavy (non-hydrogen) atoms. The number of benzene rings is 1. The highest BCUT2D eigenvalue weighted by atomic mass is 16.4. The molecule has 1 rings (SSSR count). The van der Waals surface area contributed by atoms with Crippen LogP contribution < -0.4 is 10.6 Å². The van der Waals surface area contributed by atoms with Crippen molar-refractivity contribution in [3.05, 3.63) is 35.9 Å². The Morgan fingerprint density at radius 3 is 2.28 bits per heavy atom. The summed E-state index contributed by atoms with van der Waals surface area (Å²) >= 11 is 0. The summed E-state index contributed by atoms with van der Waals surface area (Å²) in [5, 5.41) is 24.4. The van der Waals surface area contributed by atoms with E-state index in [1.807, 2.05) is 51.1 Å². The molecule has 1 aromatic rings. The molecule has 0 aliphatic carbocycles. The summed E-state index contributed by atoms with van der Waals surface area (Å²) < 4.78 is 0. The van der Waals surface area contributed by atoms with Gasteiger partial charge in [-0.2, -0.15) is 0 Å². The highest BCUT2D eigenvalue weighted by molar-refractivity contribution is 6.43. The Labute approximate surface area is 150 Å². The summed E-state index contributed by atoms with van der Waals surface area (Å²) in [6, 6.07) is 8.65. The van der Waals surface area contributed by atoms with Crippen molar-refractivity contribution >= 4 is 18.9 Å². The van der Waals surface area contributed by atoms with Crippen LogP contribution in [0.4, 0.5) is 0 Å². The molecule has 0 saturated carbocycles. The van der Waals surface area contributed by atoms with Gasteiger partial charge in [-0.05, 0) is 24.3 Å². The summed E-state index contributed by atoms with van der Waals surface area (Å²) in [5.41, 5.74) is 0.921. The fourth-order valence-electron chi connectivity index (χ4n) is 2.60. The molecule has 0 heterocycles. The first kappa shape index (κ1) is 21.2. The number of nitrogens with one attached hydrogen (secondary N) is 2. The summed E-state index contributed by atoms with van der Waals surface area (Å²) in [4.78, 5) is 24.6. The lowest BCUT2D eigenvalue weighted by Crippen LogP contribution is -2.55. The number of amides is 2. The van der Waals surface area contributed by atoms with Crippen LogP contribution in [-0.4, -0.2) is 41.0 Å². The highest BCUT2D eigenvalue weighted by Crippen LogP contribution is 2.08. The Bertz CT molecular complexity index is 537. The molecular formula is C18H29BN2O4. The third-order valence-corrected chi connectivity index (χ3v) is 3.82. The molecule has 1 aromatic carbocycles. The Balaban J connectivity index is 2.84. The van der Waals surface area contributed by atoms with Crippen LogP contribution in [0.1, 0.15) is 45.6 Å². The van der Waals surface area contributed by atoms with E-state index in [1.165, 1.54) is 0 Å². The predicted octanol–water partition coefficient (Wildman–Crippen LogP) is 1.06. The Hall–Kier alpha value is -1.86. The largest absolute Gasteiger partial charge is 0.475 e. The summed E-state index contributed by atoms with van der Waals surface area (Å²) in [7, 11) is -1.64. The molecule has 0 aliphatic heterocycles. The minimum Gasteiger partial charge on any atom is -0.426 e. The molecule has 0 saturated heterocycles. The van der Waals surface area contributed by atoms with E-state index < -0.39 is 25.0 Å². The topological polar surface area (TPSA) is 98.7 Å². The fraction of sp³-hybridized carbons (Fsp3) is 0.556. The molecule has 0 radical (unpaired) electrons. The number of carbonyl (C=O) groups is 2.